The molecule has 0 atom stereocenters. The van der Waals surface area contributed by atoms with E-state index in [9.17, 15) is 0 Å². The first-order chi connectivity index (χ1) is 9.60. The molecule has 110 valence electrons. The van der Waals surface area contributed by atoms with Gasteiger partial charge in [-0.25, -0.2) is 0 Å². The topological polar surface area (TPSA) is 33.3 Å². The fourth-order valence-corrected chi connectivity index (χ4v) is 2.95. The van der Waals surface area contributed by atoms with E-state index in [2.05, 4.69) is 10.6 Å². The van der Waals surface area contributed by atoms with Gasteiger partial charge in [0.25, 0.3) is 0 Å². The van der Waals surface area contributed by atoms with Crippen LogP contribution >= 0.6 is 23.8 Å². The van der Waals surface area contributed by atoms with Gasteiger partial charge in [-0.1, -0.05) is 30.9 Å². The minimum Gasteiger partial charge on any atom is -0.495 e. The summed E-state index contributed by atoms with van der Waals surface area (Å²) in [5.41, 5.74) is 1.85. The largest absolute Gasteiger partial charge is 0.495 e. The summed E-state index contributed by atoms with van der Waals surface area (Å²) in [6.45, 7) is 1.96. The first-order valence-electron chi connectivity index (χ1n) is 7.02. The van der Waals surface area contributed by atoms with Crippen molar-refractivity contribution >= 4 is 34.6 Å². The van der Waals surface area contributed by atoms with E-state index >= 15 is 0 Å². The number of benzene rings is 1. The van der Waals surface area contributed by atoms with Gasteiger partial charge in [-0.2, -0.15) is 0 Å². The number of halogens is 1. The summed E-state index contributed by atoms with van der Waals surface area (Å²) in [4.78, 5) is 0. The summed E-state index contributed by atoms with van der Waals surface area (Å²) in [6, 6.07) is 4.25. The van der Waals surface area contributed by atoms with Crippen molar-refractivity contribution in [2.24, 2.45) is 0 Å². The Kier molecular flexibility index (Phi) is 5.49. The average Bonchev–Trinajstić information content (AvgIpc) is 2.43. The van der Waals surface area contributed by atoms with E-state index in [-0.39, 0.29) is 0 Å². The molecule has 0 bridgehead atoms. The molecule has 5 heteroatoms. The maximum atomic E-state index is 6.10. The fraction of sp³-hybridized carbons (Fsp3) is 0.533. The van der Waals surface area contributed by atoms with Gasteiger partial charge >= 0.3 is 0 Å². The molecule has 1 saturated carbocycles. The standard InChI is InChI=1S/C15H21ClN2OS/c1-10-8-13(14(19-2)9-12(10)16)18-15(20)17-11-6-4-3-5-7-11/h8-9,11H,3-7H2,1-2H3,(H2,17,18,20). The molecule has 0 aromatic heterocycles. The second kappa shape index (κ2) is 7.14. The number of nitrogens with one attached hydrogen (secondary N) is 2. The zero-order valence-corrected chi connectivity index (χ0v) is 13.5. The van der Waals surface area contributed by atoms with E-state index in [0.717, 1.165) is 11.3 Å². The van der Waals surface area contributed by atoms with Gasteiger partial charge in [-0.3, -0.25) is 0 Å². The minimum atomic E-state index is 0.489. The number of methoxy groups -OCH3 is 1. The maximum Gasteiger partial charge on any atom is 0.171 e. The van der Waals surface area contributed by atoms with Crippen LogP contribution in [0.15, 0.2) is 12.1 Å². The van der Waals surface area contributed by atoms with Crippen LogP contribution < -0.4 is 15.4 Å². The Morgan fingerprint density at radius 1 is 1.30 bits per heavy atom. The number of aryl methyl sites for hydroxylation is 1. The number of rotatable bonds is 3. The Labute approximate surface area is 131 Å². The van der Waals surface area contributed by atoms with Gasteiger partial charge in [0.05, 0.1) is 12.8 Å². The Hall–Kier alpha value is -1.00. The van der Waals surface area contributed by atoms with Gasteiger partial charge in [-0.05, 0) is 43.6 Å². The molecule has 3 nitrogen and oxygen atoms in total. The van der Waals surface area contributed by atoms with Crippen molar-refractivity contribution in [2.45, 2.75) is 45.1 Å². The molecule has 0 unspecified atom stereocenters. The molecule has 1 aromatic carbocycles. The summed E-state index contributed by atoms with van der Waals surface area (Å²) >= 11 is 11.5. The second-order valence-corrected chi connectivity index (χ2v) is 6.05. The Balaban J connectivity index is 2.01. The number of ether oxygens (including phenoxy) is 1. The van der Waals surface area contributed by atoms with Gasteiger partial charge in [0, 0.05) is 17.1 Å². The van der Waals surface area contributed by atoms with Crippen LogP contribution in [-0.4, -0.2) is 18.3 Å². The van der Waals surface area contributed by atoms with Crippen molar-refractivity contribution in [3.8, 4) is 5.75 Å². The van der Waals surface area contributed by atoms with Crippen molar-refractivity contribution in [1.82, 2.24) is 5.32 Å². The van der Waals surface area contributed by atoms with Crippen LogP contribution in [0.4, 0.5) is 5.69 Å². The normalized spacial score (nSPS) is 15.8. The zero-order chi connectivity index (χ0) is 14.5. The van der Waals surface area contributed by atoms with Crippen molar-refractivity contribution in [3.63, 3.8) is 0 Å². The predicted molar refractivity (Wildman–Crippen MR) is 89.0 cm³/mol. The first-order valence-corrected chi connectivity index (χ1v) is 7.80. The molecule has 0 amide bonds. The van der Waals surface area contributed by atoms with E-state index in [4.69, 9.17) is 28.6 Å². The van der Waals surface area contributed by atoms with Crippen LogP contribution in [0.5, 0.6) is 5.75 Å². The molecule has 2 N–H and O–H groups in total. The summed E-state index contributed by atoms with van der Waals surface area (Å²) in [5, 5.41) is 7.94. The summed E-state index contributed by atoms with van der Waals surface area (Å²) in [5.74, 6) is 0.702. The molecule has 0 spiro atoms. The van der Waals surface area contributed by atoms with Gasteiger partial charge in [-0.15, -0.1) is 0 Å². The Morgan fingerprint density at radius 2 is 2.00 bits per heavy atom. The monoisotopic (exact) mass is 312 g/mol. The van der Waals surface area contributed by atoms with Gasteiger partial charge in [0.15, 0.2) is 5.11 Å². The molecule has 1 aromatic rings. The summed E-state index contributed by atoms with van der Waals surface area (Å²) < 4.78 is 5.34. The van der Waals surface area contributed by atoms with Gasteiger partial charge in [0.1, 0.15) is 5.75 Å². The van der Waals surface area contributed by atoms with E-state index in [1.807, 2.05) is 19.1 Å². The van der Waals surface area contributed by atoms with Crippen molar-refractivity contribution < 1.29 is 4.74 Å². The molecule has 1 fully saturated rings. The van der Waals surface area contributed by atoms with Crippen LogP contribution in [0.3, 0.4) is 0 Å². The van der Waals surface area contributed by atoms with Crippen molar-refractivity contribution in [2.75, 3.05) is 12.4 Å². The Morgan fingerprint density at radius 3 is 2.65 bits per heavy atom. The molecule has 0 radical (unpaired) electrons. The Bertz CT molecular complexity index is 487. The molecule has 0 aliphatic heterocycles. The van der Waals surface area contributed by atoms with Gasteiger partial charge < -0.3 is 15.4 Å². The van der Waals surface area contributed by atoms with E-state index < -0.39 is 0 Å². The lowest BCUT2D eigenvalue weighted by Gasteiger charge is -2.24. The van der Waals surface area contributed by atoms with Crippen LogP contribution in [-0.2, 0) is 0 Å². The molecule has 1 aliphatic rings. The fourth-order valence-electron chi connectivity index (χ4n) is 2.52. The zero-order valence-electron chi connectivity index (χ0n) is 12.0. The number of hydrogen-bond donors (Lipinski definition) is 2. The predicted octanol–water partition coefficient (Wildman–Crippen LogP) is 4.28. The average molecular weight is 313 g/mol. The smallest absolute Gasteiger partial charge is 0.171 e. The highest BCUT2D eigenvalue weighted by atomic mass is 35.5. The van der Waals surface area contributed by atoms with Crippen LogP contribution in [0.2, 0.25) is 5.02 Å². The number of hydrogen-bond acceptors (Lipinski definition) is 2. The SMILES string of the molecule is COc1cc(Cl)c(C)cc1NC(=S)NC1CCCCC1. The lowest BCUT2D eigenvalue weighted by atomic mass is 9.96. The summed E-state index contributed by atoms with van der Waals surface area (Å²) in [7, 11) is 1.63. The van der Waals surface area contributed by atoms with E-state index in [1.54, 1.807) is 7.11 Å². The van der Waals surface area contributed by atoms with Crippen LogP contribution in [0, 0.1) is 6.92 Å². The molecule has 0 heterocycles. The molecule has 2 rings (SSSR count). The third-order valence-corrected chi connectivity index (χ3v) is 4.30. The quantitative estimate of drug-likeness (QED) is 0.816. The first kappa shape index (κ1) is 15.4. The van der Waals surface area contributed by atoms with Gasteiger partial charge in [0.2, 0.25) is 0 Å². The molecule has 1 aliphatic carbocycles. The third-order valence-electron chi connectivity index (χ3n) is 3.67. The highest BCUT2D eigenvalue weighted by molar-refractivity contribution is 7.80. The summed E-state index contributed by atoms with van der Waals surface area (Å²) in [6.07, 6.45) is 6.28. The molecule has 0 saturated heterocycles. The lowest BCUT2D eigenvalue weighted by molar-refractivity contribution is 0.413. The maximum absolute atomic E-state index is 6.10. The van der Waals surface area contributed by atoms with Crippen molar-refractivity contribution in [1.29, 1.82) is 0 Å². The minimum absolute atomic E-state index is 0.489. The van der Waals surface area contributed by atoms with E-state index in [0.29, 0.717) is 21.9 Å². The number of anilines is 1. The number of thiocarbonyl (C=S) groups is 1. The van der Waals surface area contributed by atoms with Crippen molar-refractivity contribution in [3.05, 3.63) is 22.7 Å². The van der Waals surface area contributed by atoms with Crippen LogP contribution in [0.1, 0.15) is 37.7 Å². The second-order valence-electron chi connectivity index (χ2n) is 5.24. The van der Waals surface area contributed by atoms with E-state index in [1.165, 1.54) is 32.1 Å². The molecule has 20 heavy (non-hydrogen) atoms. The lowest BCUT2D eigenvalue weighted by Crippen LogP contribution is -2.38. The molecular formula is C15H21ClN2OS. The molecular weight excluding hydrogens is 292 g/mol. The third kappa shape index (κ3) is 4.00. The highest BCUT2D eigenvalue weighted by Crippen LogP contribution is 2.31. The van der Waals surface area contributed by atoms with Crippen LogP contribution in [0.25, 0.3) is 0 Å². The highest BCUT2D eigenvalue weighted by Gasteiger charge is 2.15.